The number of hydrogen-bond donors (Lipinski definition) is 0. The second kappa shape index (κ2) is 5.12. The highest BCUT2D eigenvalue weighted by molar-refractivity contribution is 7.99. The molecule has 0 heterocycles. The molecule has 1 aromatic carbocycles. The Morgan fingerprint density at radius 2 is 2.05 bits per heavy atom. The summed E-state index contributed by atoms with van der Waals surface area (Å²) in [5.74, 6) is 0. The molecule has 0 spiro atoms. The second-order valence-corrected chi connectivity index (χ2v) is 7.56. The Bertz CT molecular complexity index is 642. The first kappa shape index (κ1) is 14.3. The maximum atomic E-state index is 11.7. The van der Waals surface area contributed by atoms with Gasteiger partial charge in [-0.25, -0.2) is 13.2 Å². The average Bonchev–Trinajstić information content (AvgIpc) is 2.31. The molecule has 1 aromatic rings. The lowest BCUT2D eigenvalue weighted by molar-refractivity contribution is 0.255. The summed E-state index contributed by atoms with van der Waals surface area (Å²) >= 11 is 1.39. The third-order valence-electron chi connectivity index (χ3n) is 3.54. The predicted molar refractivity (Wildman–Crippen MR) is 75.0 cm³/mol. The van der Waals surface area contributed by atoms with Gasteiger partial charge in [0, 0.05) is 11.2 Å². The van der Waals surface area contributed by atoms with Gasteiger partial charge in [-0.2, -0.15) is 4.99 Å². The number of aliphatic imine (C=N–C) groups is 1. The molecule has 19 heavy (non-hydrogen) atoms. The number of thioether (sulfide) groups is 1. The number of benzene rings is 1. The van der Waals surface area contributed by atoms with Crippen LogP contribution in [0.5, 0.6) is 0 Å². The fourth-order valence-electron chi connectivity index (χ4n) is 2.33. The zero-order chi connectivity index (χ0) is 14.1. The van der Waals surface area contributed by atoms with Crippen LogP contribution in [0.2, 0.25) is 0 Å². The summed E-state index contributed by atoms with van der Waals surface area (Å²) < 4.78 is 23.4. The molecule has 1 saturated carbocycles. The standard InChI is InChI=1S/C13H15NO3S2/c1-18-11-8-10(4-5-12(11)19(2,16)17)13(14-9-15)6-3-7-13/h4-5,8H,3,6-7H2,1-2H3. The lowest BCUT2D eigenvalue weighted by Gasteiger charge is -2.37. The summed E-state index contributed by atoms with van der Waals surface area (Å²) in [6, 6.07) is 5.20. The number of hydrogen-bond acceptors (Lipinski definition) is 5. The minimum absolute atomic E-state index is 0.327. The van der Waals surface area contributed by atoms with Gasteiger partial charge in [-0.1, -0.05) is 6.07 Å². The fourth-order valence-corrected chi connectivity index (χ4v) is 4.29. The smallest absolute Gasteiger partial charge is 0.224 e. The van der Waals surface area contributed by atoms with Crippen LogP contribution in [0.1, 0.15) is 24.8 Å². The first-order chi connectivity index (χ1) is 8.93. The highest BCUT2D eigenvalue weighted by atomic mass is 32.2. The number of nitrogens with zero attached hydrogens (tertiary/aromatic N) is 1. The molecule has 4 nitrogen and oxygen atoms in total. The molecule has 0 radical (unpaired) electrons. The van der Waals surface area contributed by atoms with Crippen LogP contribution in [-0.2, 0) is 20.2 Å². The molecule has 0 N–H and O–H groups in total. The van der Waals surface area contributed by atoms with E-state index in [0.717, 1.165) is 24.8 Å². The Balaban J connectivity index is 2.54. The Morgan fingerprint density at radius 1 is 1.37 bits per heavy atom. The summed E-state index contributed by atoms with van der Waals surface area (Å²) in [5, 5.41) is 0. The van der Waals surface area contributed by atoms with Gasteiger partial charge in [0.25, 0.3) is 0 Å². The van der Waals surface area contributed by atoms with Crippen molar-refractivity contribution in [3.05, 3.63) is 23.8 Å². The van der Waals surface area contributed by atoms with E-state index in [-0.39, 0.29) is 0 Å². The van der Waals surface area contributed by atoms with Gasteiger partial charge >= 0.3 is 0 Å². The first-order valence-electron chi connectivity index (χ1n) is 5.90. The molecule has 0 aromatic heterocycles. The monoisotopic (exact) mass is 297 g/mol. The SMILES string of the molecule is CSc1cc(C2(N=C=O)CCC2)ccc1S(C)(=O)=O. The fraction of sp³-hybridized carbons (Fsp3) is 0.462. The molecule has 0 bridgehead atoms. The summed E-state index contributed by atoms with van der Waals surface area (Å²) in [6.45, 7) is 0. The molecular formula is C13H15NO3S2. The zero-order valence-electron chi connectivity index (χ0n) is 10.8. The van der Waals surface area contributed by atoms with Gasteiger partial charge in [-0.3, -0.25) is 0 Å². The van der Waals surface area contributed by atoms with Gasteiger partial charge in [-0.15, -0.1) is 11.8 Å². The van der Waals surface area contributed by atoms with Crippen LogP contribution in [0.3, 0.4) is 0 Å². The van der Waals surface area contributed by atoms with Crippen molar-refractivity contribution in [3.8, 4) is 0 Å². The Morgan fingerprint density at radius 3 is 2.47 bits per heavy atom. The number of isocyanates is 1. The topological polar surface area (TPSA) is 63.6 Å². The maximum Gasteiger partial charge on any atom is 0.235 e. The highest BCUT2D eigenvalue weighted by Crippen LogP contribution is 2.46. The van der Waals surface area contributed by atoms with E-state index in [9.17, 15) is 13.2 Å². The molecular weight excluding hydrogens is 282 g/mol. The molecule has 1 aliphatic rings. The van der Waals surface area contributed by atoms with E-state index in [0.29, 0.717) is 9.79 Å². The number of rotatable bonds is 4. The molecule has 2 rings (SSSR count). The molecule has 0 atom stereocenters. The summed E-state index contributed by atoms with van der Waals surface area (Å²) in [6.07, 6.45) is 7.33. The Kier molecular flexibility index (Phi) is 3.85. The van der Waals surface area contributed by atoms with Crippen LogP contribution in [0.25, 0.3) is 0 Å². The molecule has 0 unspecified atom stereocenters. The number of carbonyl (C=O) groups excluding carboxylic acids is 1. The van der Waals surface area contributed by atoms with Crippen LogP contribution >= 0.6 is 11.8 Å². The second-order valence-electron chi connectivity index (χ2n) is 4.73. The predicted octanol–water partition coefficient (Wildman–Crippen LogP) is 2.53. The number of sulfone groups is 1. The van der Waals surface area contributed by atoms with Gasteiger partial charge in [0.15, 0.2) is 9.84 Å². The third kappa shape index (κ3) is 2.61. The van der Waals surface area contributed by atoms with Crippen LogP contribution in [-0.4, -0.2) is 27.0 Å². The Labute approximate surface area is 117 Å². The molecule has 0 saturated heterocycles. The highest BCUT2D eigenvalue weighted by Gasteiger charge is 2.39. The molecule has 1 aliphatic carbocycles. The van der Waals surface area contributed by atoms with Crippen molar-refractivity contribution in [2.45, 2.75) is 34.6 Å². The lowest BCUT2D eigenvalue weighted by atomic mass is 9.72. The van der Waals surface area contributed by atoms with Crippen molar-refractivity contribution in [1.29, 1.82) is 0 Å². The first-order valence-corrected chi connectivity index (χ1v) is 9.02. The summed E-state index contributed by atoms with van der Waals surface area (Å²) in [7, 11) is -3.24. The lowest BCUT2D eigenvalue weighted by Crippen LogP contribution is -2.32. The van der Waals surface area contributed by atoms with Crippen LogP contribution in [0.15, 0.2) is 33.0 Å². The van der Waals surface area contributed by atoms with E-state index >= 15 is 0 Å². The van der Waals surface area contributed by atoms with E-state index in [1.807, 2.05) is 12.3 Å². The quantitative estimate of drug-likeness (QED) is 0.487. The van der Waals surface area contributed by atoms with Gasteiger partial charge < -0.3 is 0 Å². The van der Waals surface area contributed by atoms with Gasteiger partial charge in [-0.05, 0) is 43.2 Å². The minimum atomic E-state index is -3.24. The molecule has 102 valence electrons. The van der Waals surface area contributed by atoms with E-state index in [1.54, 1.807) is 18.2 Å². The zero-order valence-corrected chi connectivity index (χ0v) is 12.5. The van der Waals surface area contributed by atoms with Crippen molar-refractivity contribution in [2.24, 2.45) is 4.99 Å². The Hall–Kier alpha value is -1.10. The van der Waals surface area contributed by atoms with Gasteiger partial charge in [0.05, 0.1) is 10.4 Å². The minimum Gasteiger partial charge on any atom is -0.224 e. The van der Waals surface area contributed by atoms with E-state index in [4.69, 9.17) is 0 Å². The van der Waals surface area contributed by atoms with Crippen molar-refractivity contribution in [1.82, 2.24) is 0 Å². The van der Waals surface area contributed by atoms with E-state index in [2.05, 4.69) is 4.99 Å². The normalized spacial score (nSPS) is 17.4. The van der Waals surface area contributed by atoms with Crippen molar-refractivity contribution in [2.75, 3.05) is 12.5 Å². The van der Waals surface area contributed by atoms with E-state index in [1.165, 1.54) is 18.0 Å². The van der Waals surface area contributed by atoms with Crippen molar-refractivity contribution < 1.29 is 13.2 Å². The molecule has 6 heteroatoms. The van der Waals surface area contributed by atoms with Gasteiger partial charge in [0.1, 0.15) is 0 Å². The average molecular weight is 297 g/mol. The summed E-state index contributed by atoms with van der Waals surface area (Å²) in [4.78, 5) is 15.5. The van der Waals surface area contributed by atoms with Crippen molar-refractivity contribution >= 4 is 27.7 Å². The van der Waals surface area contributed by atoms with E-state index < -0.39 is 15.4 Å². The largest absolute Gasteiger partial charge is 0.235 e. The van der Waals surface area contributed by atoms with Crippen LogP contribution in [0, 0.1) is 0 Å². The third-order valence-corrected chi connectivity index (χ3v) is 5.60. The van der Waals surface area contributed by atoms with Crippen molar-refractivity contribution in [3.63, 3.8) is 0 Å². The summed E-state index contributed by atoms with van der Waals surface area (Å²) in [5.41, 5.74) is 0.418. The molecule has 0 amide bonds. The van der Waals surface area contributed by atoms with Crippen LogP contribution in [0.4, 0.5) is 0 Å². The van der Waals surface area contributed by atoms with Crippen LogP contribution < -0.4 is 0 Å². The maximum absolute atomic E-state index is 11.7. The van der Waals surface area contributed by atoms with Gasteiger partial charge in [0.2, 0.25) is 6.08 Å². The molecule has 0 aliphatic heterocycles. The molecule has 1 fully saturated rings.